The van der Waals surface area contributed by atoms with Crippen molar-refractivity contribution in [3.05, 3.63) is 30.1 Å². The molecule has 160 valence electrons. The van der Waals surface area contributed by atoms with Crippen molar-refractivity contribution in [3.63, 3.8) is 0 Å². The number of aromatic nitrogens is 4. The molecule has 1 aromatic carbocycles. The molecule has 0 aliphatic carbocycles. The molecule has 10 nitrogen and oxygen atoms in total. The van der Waals surface area contributed by atoms with Crippen LogP contribution in [0.5, 0.6) is 11.5 Å². The maximum absolute atomic E-state index is 12.6. The first-order valence-corrected chi connectivity index (χ1v) is 10.6. The highest BCUT2D eigenvalue weighted by molar-refractivity contribution is 5.76. The number of hydrogen-bond acceptors (Lipinski definition) is 8. The van der Waals surface area contributed by atoms with Crippen molar-refractivity contribution in [1.29, 1.82) is 0 Å². The van der Waals surface area contributed by atoms with Crippen LogP contribution in [-0.4, -0.2) is 92.9 Å². The topological polar surface area (TPSA) is 88.9 Å². The summed E-state index contributed by atoms with van der Waals surface area (Å²) in [5, 5.41) is 11.0. The van der Waals surface area contributed by atoms with Crippen molar-refractivity contribution >= 4 is 5.91 Å². The van der Waals surface area contributed by atoms with Crippen molar-refractivity contribution in [1.82, 2.24) is 34.9 Å². The Bertz CT molecular complexity index is 867. The smallest absolute Gasteiger partial charge is 0.244 e. The molecule has 1 atom stereocenters. The third-order valence-corrected chi connectivity index (χ3v) is 6.20. The van der Waals surface area contributed by atoms with Gasteiger partial charge in [0.15, 0.2) is 11.5 Å². The van der Waals surface area contributed by atoms with Gasteiger partial charge in [-0.05, 0) is 41.0 Å². The lowest BCUT2D eigenvalue weighted by molar-refractivity contribution is -0.134. The van der Waals surface area contributed by atoms with Crippen LogP contribution in [0.15, 0.2) is 24.5 Å². The van der Waals surface area contributed by atoms with E-state index in [0.717, 1.165) is 70.2 Å². The number of nitrogens with zero attached hydrogens (tertiary/aromatic N) is 7. The molecule has 4 heterocycles. The summed E-state index contributed by atoms with van der Waals surface area (Å²) in [7, 11) is 0. The molecule has 30 heavy (non-hydrogen) atoms. The quantitative estimate of drug-likeness (QED) is 0.688. The van der Waals surface area contributed by atoms with Gasteiger partial charge in [-0.2, -0.15) is 0 Å². The van der Waals surface area contributed by atoms with Crippen LogP contribution in [0.1, 0.15) is 18.4 Å². The summed E-state index contributed by atoms with van der Waals surface area (Å²) in [5.74, 6) is 1.77. The van der Waals surface area contributed by atoms with Crippen molar-refractivity contribution in [2.75, 3.05) is 46.1 Å². The summed E-state index contributed by atoms with van der Waals surface area (Å²) in [6.45, 7) is 7.19. The third kappa shape index (κ3) is 4.24. The summed E-state index contributed by atoms with van der Waals surface area (Å²) in [5.41, 5.74) is 1.25. The lowest BCUT2D eigenvalue weighted by atomic mass is 10.0. The van der Waals surface area contributed by atoms with E-state index < -0.39 is 0 Å². The van der Waals surface area contributed by atoms with E-state index >= 15 is 0 Å². The number of carbonyl (C=O) groups is 1. The Morgan fingerprint density at radius 1 is 1.10 bits per heavy atom. The van der Waals surface area contributed by atoms with Crippen molar-refractivity contribution < 1.29 is 14.3 Å². The SMILES string of the molecule is O=C(Cn1cnnn1)N1CCCC(N2CCN(Cc3ccc4c(c3)OCO4)CC2)C1. The van der Waals surface area contributed by atoms with Gasteiger partial charge in [0.2, 0.25) is 12.7 Å². The van der Waals surface area contributed by atoms with Gasteiger partial charge in [-0.3, -0.25) is 14.6 Å². The maximum atomic E-state index is 12.6. The number of rotatable bonds is 5. The molecule has 0 saturated carbocycles. The van der Waals surface area contributed by atoms with Gasteiger partial charge >= 0.3 is 0 Å². The second-order valence-electron chi connectivity index (χ2n) is 8.14. The molecule has 10 heteroatoms. The number of piperidine rings is 1. The summed E-state index contributed by atoms with van der Waals surface area (Å²) in [6, 6.07) is 6.64. The molecule has 0 spiro atoms. The Hall–Kier alpha value is -2.72. The summed E-state index contributed by atoms with van der Waals surface area (Å²) in [4.78, 5) is 19.6. The van der Waals surface area contributed by atoms with E-state index in [1.165, 1.54) is 16.6 Å². The van der Waals surface area contributed by atoms with Crippen LogP contribution in [0, 0.1) is 0 Å². The summed E-state index contributed by atoms with van der Waals surface area (Å²) in [6.07, 6.45) is 3.68. The van der Waals surface area contributed by atoms with Gasteiger partial charge in [0.05, 0.1) is 0 Å². The first-order chi connectivity index (χ1) is 14.7. The molecule has 0 radical (unpaired) electrons. The van der Waals surface area contributed by atoms with Gasteiger partial charge in [-0.15, -0.1) is 5.10 Å². The Kier molecular flexibility index (Phi) is 5.50. The van der Waals surface area contributed by atoms with Crippen LogP contribution < -0.4 is 9.47 Å². The molecule has 2 aromatic rings. The van der Waals surface area contributed by atoms with E-state index in [4.69, 9.17) is 9.47 Å². The molecule has 3 aliphatic heterocycles. The Balaban J connectivity index is 1.11. The maximum Gasteiger partial charge on any atom is 0.244 e. The number of ether oxygens (including phenoxy) is 2. The summed E-state index contributed by atoms with van der Waals surface area (Å²) >= 11 is 0. The number of hydrogen-bond donors (Lipinski definition) is 0. The highest BCUT2D eigenvalue weighted by Gasteiger charge is 2.30. The summed E-state index contributed by atoms with van der Waals surface area (Å²) < 4.78 is 12.4. The first kappa shape index (κ1) is 19.3. The number of amides is 1. The highest BCUT2D eigenvalue weighted by Crippen LogP contribution is 2.33. The van der Waals surface area contributed by atoms with E-state index in [1.54, 1.807) is 0 Å². The molecular formula is C20H27N7O3. The zero-order valence-corrected chi connectivity index (χ0v) is 17.0. The lowest BCUT2D eigenvalue weighted by Gasteiger charge is -2.43. The van der Waals surface area contributed by atoms with E-state index in [-0.39, 0.29) is 12.5 Å². The monoisotopic (exact) mass is 413 g/mol. The molecule has 1 amide bonds. The van der Waals surface area contributed by atoms with E-state index in [0.29, 0.717) is 12.8 Å². The normalized spacial score (nSPS) is 22.4. The molecular weight excluding hydrogens is 386 g/mol. The third-order valence-electron chi connectivity index (χ3n) is 6.20. The Labute approximate surface area is 175 Å². The highest BCUT2D eigenvalue weighted by atomic mass is 16.7. The second-order valence-corrected chi connectivity index (χ2v) is 8.14. The predicted octanol–water partition coefficient (Wildman–Crippen LogP) is 0.211. The molecule has 5 rings (SSSR count). The Morgan fingerprint density at radius 3 is 2.80 bits per heavy atom. The van der Waals surface area contributed by atoms with Gasteiger partial charge in [-0.1, -0.05) is 6.07 Å². The Morgan fingerprint density at radius 2 is 1.97 bits per heavy atom. The minimum Gasteiger partial charge on any atom is -0.454 e. The largest absolute Gasteiger partial charge is 0.454 e. The minimum atomic E-state index is 0.0912. The fraction of sp³-hybridized carbons (Fsp3) is 0.600. The molecule has 2 saturated heterocycles. The van der Waals surface area contributed by atoms with Gasteiger partial charge in [0.1, 0.15) is 12.9 Å². The van der Waals surface area contributed by atoms with Crippen molar-refractivity contribution in [2.24, 2.45) is 0 Å². The van der Waals surface area contributed by atoms with Crippen LogP contribution >= 0.6 is 0 Å². The number of benzene rings is 1. The zero-order chi connectivity index (χ0) is 20.3. The van der Waals surface area contributed by atoms with Crippen LogP contribution in [-0.2, 0) is 17.9 Å². The molecule has 1 aromatic heterocycles. The van der Waals surface area contributed by atoms with Crippen molar-refractivity contribution in [2.45, 2.75) is 32.0 Å². The number of carbonyl (C=O) groups excluding carboxylic acids is 1. The molecule has 0 N–H and O–H groups in total. The number of likely N-dealkylation sites (tertiary alicyclic amines) is 1. The van der Waals surface area contributed by atoms with E-state index in [1.807, 2.05) is 11.0 Å². The fourth-order valence-electron chi connectivity index (χ4n) is 4.55. The van der Waals surface area contributed by atoms with Crippen LogP contribution in [0.4, 0.5) is 0 Å². The minimum absolute atomic E-state index is 0.0912. The van der Waals surface area contributed by atoms with E-state index in [2.05, 4.69) is 37.5 Å². The van der Waals surface area contributed by atoms with Crippen LogP contribution in [0.2, 0.25) is 0 Å². The molecule has 3 aliphatic rings. The fourth-order valence-corrected chi connectivity index (χ4v) is 4.55. The molecule has 1 unspecified atom stereocenters. The van der Waals surface area contributed by atoms with Gasteiger partial charge < -0.3 is 14.4 Å². The van der Waals surface area contributed by atoms with Gasteiger partial charge in [0, 0.05) is 51.9 Å². The first-order valence-electron chi connectivity index (χ1n) is 10.6. The van der Waals surface area contributed by atoms with Crippen LogP contribution in [0.3, 0.4) is 0 Å². The molecule has 2 fully saturated rings. The lowest BCUT2D eigenvalue weighted by Crippen LogP contribution is -2.55. The average molecular weight is 413 g/mol. The second kappa shape index (κ2) is 8.57. The zero-order valence-electron chi connectivity index (χ0n) is 17.0. The predicted molar refractivity (Wildman–Crippen MR) is 107 cm³/mol. The standard InChI is InChI=1S/C20H27N7O3/c28-20(13-27-14-21-22-23-27)26-5-1-2-17(12-26)25-8-6-24(7-9-25)11-16-3-4-18-19(10-16)30-15-29-18/h3-4,10,14,17H,1-2,5-9,11-13,15H2. The number of fused-ring (bicyclic) bond motifs is 1. The van der Waals surface area contributed by atoms with E-state index in [9.17, 15) is 4.79 Å². The van der Waals surface area contributed by atoms with Crippen molar-refractivity contribution in [3.8, 4) is 11.5 Å². The average Bonchev–Trinajstić information content (AvgIpc) is 3.46. The van der Waals surface area contributed by atoms with Gasteiger partial charge in [0.25, 0.3) is 0 Å². The number of tetrazole rings is 1. The van der Waals surface area contributed by atoms with Gasteiger partial charge in [-0.25, -0.2) is 4.68 Å². The number of piperazine rings is 1. The van der Waals surface area contributed by atoms with Crippen LogP contribution in [0.25, 0.3) is 0 Å². The molecule has 0 bridgehead atoms.